The Morgan fingerprint density at radius 1 is 1.33 bits per heavy atom. The van der Waals surface area contributed by atoms with Crippen LogP contribution in [0.2, 0.25) is 0 Å². The van der Waals surface area contributed by atoms with E-state index in [1.807, 2.05) is 23.1 Å². The molecule has 1 aliphatic heterocycles. The van der Waals surface area contributed by atoms with Gasteiger partial charge in [-0.3, -0.25) is 4.79 Å². The number of carbonyl (C=O) groups excluding carboxylic acids is 1. The molecule has 0 aliphatic carbocycles. The molecule has 1 heterocycles. The summed E-state index contributed by atoms with van der Waals surface area (Å²) >= 11 is 0. The normalized spacial score (nSPS) is 24.1. The van der Waals surface area contributed by atoms with Crippen molar-refractivity contribution in [3.63, 3.8) is 0 Å². The minimum absolute atomic E-state index is 0.0216. The molecule has 2 rings (SSSR count). The van der Waals surface area contributed by atoms with Gasteiger partial charge in [-0.25, -0.2) is 0 Å². The van der Waals surface area contributed by atoms with Gasteiger partial charge in [0.25, 0.3) is 5.91 Å². The molecule has 18 heavy (non-hydrogen) atoms. The number of carbonyl (C=O) groups is 1. The molecule has 1 saturated heterocycles. The summed E-state index contributed by atoms with van der Waals surface area (Å²) in [6.07, 6.45) is 3.36. The fourth-order valence-electron chi connectivity index (χ4n) is 2.77. The monoisotopic (exact) mass is 247 g/mol. The largest absolute Gasteiger partial charge is 0.392 e. The fourth-order valence-corrected chi connectivity index (χ4v) is 2.77. The lowest BCUT2D eigenvalue weighted by Crippen LogP contribution is -2.47. The Kier molecular flexibility index (Phi) is 4.02. The van der Waals surface area contributed by atoms with E-state index in [0.717, 1.165) is 18.4 Å². The van der Waals surface area contributed by atoms with Crippen LogP contribution in [-0.4, -0.2) is 28.0 Å². The zero-order valence-electron chi connectivity index (χ0n) is 11.1. The van der Waals surface area contributed by atoms with Gasteiger partial charge in [0, 0.05) is 17.6 Å². The van der Waals surface area contributed by atoms with Crippen LogP contribution in [0.3, 0.4) is 0 Å². The van der Waals surface area contributed by atoms with Gasteiger partial charge in [-0.15, -0.1) is 0 Å². The zero-order chi connectivity index (χ0) is 13.1. The van der Waals surface area contributed by atoms with Crippen molar-refractivity contribution in [1.29, 1.82) is 0 Å². The van der Waals surface area contributed by atoms with Crippen LogP contribution in [0, 0.1) is 0 Å². The average molecular weight is 247 g/mol. The van der Waals surface area contributed by atoms with Crippen LogP contribution in [-0.2, 0) is 6.61 Å². The van der Waals surface area contributed by atoms with E-state index in [-0.39, 0.29) is 12.5 Å². The zero-order valence-corrected chi connectivity index (χ0v) is 11.1. The van der Waals surface area contributed by atoms with Gasteiger partial charge in [0.2, 0.25) is 0 Å². The summed E-state index contributed by atoms with van der Waals surface area (Å²) in [4.78, 5) is 14.5. The molecule has 0 saturated carbocycles. The molecule has 98 valence electrons. The maximum Gasteiger partial charge on any atom is 0.254 e. The van der Waals surface area contributed by atoms with Crippen LogP contribution >= 0.6 is 0 Å². The van der Waals surface area contributed by atoms with E-state index in [4.69, 9.17) is 5.11 Å². The van der Waals surface area contributed by atoms with E-state index < -0.39 is 0 Å². The lowest BCUT2D eigenvalue weighted by molar-refractivity contribution is 0.0510. The van der Waals surface area contributed by atoms with Gasteiger partial charge in [-0.05, 0) is 50.8 Å². The van der Waals surface area contributed by atoms with Crippen LogP contribution in [0.5, 0.6) is 0 Å². The maximum absolute atomic E-state index is 12.5. The minimum atomic E-state index is -0.0216. The average Bonchev–Trinajstić information content (AvgIpc) is 2.38. The van der Waals surface area contributed by atoms with Crippen molar-refractivity contribution in [2.24, 2.45) is 0 Å². The van der Waals surface area contributed by atoms with Crippen molar-refractivity contribution in [1.82, 2.24) is 4.90 Å². The molecule has 1 aliphatic rings. The van der Waals surface area contributed by atoms with Crippen molar-refractivity contribution in [2.75, 3.05) is 0 Å². The predicted molar refractivity (Wildman–Crippen MR) is 71.3 cm³/mol. The topological polar surface area (TPSA) is 40.5 Å². The number of aliphatic hydroxyl groups is 1. The Morgan fingerprint density at radius 3 is 2.61 bits per heavy atom. The minimum Gasteiger partial charge on any atom is -0.392 e. The second-order valence-electron chi connectivity index (χ2n) is 5.20. The van der Waals surface area contributed by atoms with Crippen molar-refractivity contribution >= 4 is 5.91 Å². The molecule has 0 aromatic heterocycles. The summed E-state index contributed by atoms with van der Waals surface area (Å²) in [5.74, 6) is 0.0880. The lowest BCUT2D eigenvalue weighted by Gasteiger charge is -2.39. The van der Waals surface area contributed by atoms with Crippen LogP contribution in [0.4, 0.5) is 0 Å². The number of likely N-dealkylation sites (tertiary alicyclic amines) is 1. The van der Waals surface area contributed by atoms with E-state index in [9.17, 15) is 4.79 Å². The Hall–Kier alpha value is -1.35. The fraction of sp³-hybridized carbons (Fsp3) is 0.533. The van der Waals surface area contributed by atoms with Gasteiger partial charge < -0.3 is 10.0 Å². The summed E-state index contributed by atoms with van der Waals surface area (Å²) in [7, 11) is 0. The van der Waals surface area contributed by atoms with Crippen molar-refractivity contribution in [3.05, 3.63) is 35.4 Å². The Labute approximate surface area is 108 Å². The molecule has 1 aromatic rings. The highest BCUT2D eigenvalue weighted by Gasteiger charge is 2.29. The molecule has 1 amide bonds. The molecule has 3 nitrogen and oxygen atoms in total. The summed E-state index contributed by atoms with van der Waals surface area (Å²) in [6, 6.07) is 7.89. The van der Waals surface area contributed by atoms with E-state index >= 15 is 0 Å². The van der Waals surface area contributed by atoms with Gasteiger partial charge in [-0.2, -0.15) is 0 Å². The second kappa shape index (κ2) is 5.53. The number of hydrogen-bond donors (Lipinski definition) is 1. The van der Waals surface area contributed by atoms with E-state index in [2.05, 4.69) is 13.8 Å². The summed E-state index contributed by atoms with van der Waals surface area (Å²) < 4.78 is 0. The van der Waals surface area contributed by atoms with Crippen LogP contribution < -0.4 is 0 Å². The van der Waals surface area contributed by atoms with Crippen molar-refractivity contribution in [3.8, 4) is 0 Å². The number of hydrogen-bond acceptors (Lipinski definition) is 2. The molecule has 2 atom stereocenters. The lowest BCUT2D eigenvalue weighted by atomic mass is 9.96. The summed E-state index contributed by atoms with van der Waals surface area (Å²) in [5, 5.41) is 9.13. The molecule has 1 fully saturated rings. The highest BCUT2D eigenvalue weighted by atomic mass is 16.3. The van der Waals surface area contributed by atoms with Gasteiger partial charge in [0.15, 0.2) is 0 Å². The molecule has 2 unspecified atom stereocenters. The molecular weight excluding hydrogens is 226 g/mol. The molecule has 1 N–H and O–H groups in total. The highest BCUT2D eigenvalue weighted by Crippen LogP contribution is 2.24. The van der Waals surface area contributed by atoms with Gasteiger partial charge in [0.05, 0.1) is 6.61 Å². The van der Waals surface area contributed by atoms with Gasteiger partial charge in [-0.1, -0.05) is 12.1 Å². The first-order chi connectivity index (χ1) is 8.63. The van der Waals surface area contributed by atoms with E-state index in [0.29, 0.717) is 17.6 Å². The first kappa shape index (κ1) is 13.1. The third kappa shape index (κ3) is 2.56. The van der Waals surface area contributed by atoms with E-state index in [1.54, 1.807) is 6.07 Å². The first-order valence-corrected chi connectivity index (χ1v) is 6.66. The number of nitrogens with zero attached hydrogens (tertiary/aromatic N) is 1. The third-order valence-electron chi connectivity index (χ3n) is 3.78. The number of aliphatic hydroxyl groups excluding tert-OH is 1. The molecular formula is C15H21NO2. The molecule has 3 heteroatoms. The Bertz CT molecular complexity index is 420. The van der Waals surface area contributed by atoms with Crippen LogP contribution in [0.15, 0.2) is 24.3 Å². The van der Waals surface area contributed by atoms with Crippen LogP contribution in [0.1, 0.15) is 49.0 Å². The number of piperidine rings is 1. The van der Waals surface area contributed by atoms with Gasteiger partial charge >= 0.3 is 0 Å². The summed E-state index contributed by atoms with van der Waals surface area (Å²) in [6.45, 7) is 4.21. The Balaban J connectivity index is 2.23. The molecule has 1 aromatic carbocycles. The number of amides is 1. The highest BCUT2D eigenvalue weighted by molar-refractivity contribution is 5.94. The SMILES string of the molecule is CC1CCCC(C)N1C(=O)c1cccc(CO)c1. The van der Waals surface area contributed by atoms with Crippen LogP contribution in [0.25, 0.3) is 0 Å². The van der Waals surface area contributed by atoms with E-state index in [1.165, 1.54) is 6.42 Å². The predicted octanol–water partition coefficient (Wildman–Crippen LogP) is 2.58. The van der Waals surface area contributed by atoms with Crippen molar-refractivity contribution < 1.29 is 9.90 Å². The quantitative estimate of drug-likeness (QED) is 0.872. The molecule has 0 bridgehead atoms. The number of rotatable bonds is 2. The number of benzene rings is 1. The Morgan fingerprint density at radius 2 is 2.00 bits per heavy atom. The maximum atomic E-state index is 12.5. The van der Waals surface area contributed by atoms with Gasteiger partial charge in [0.1, 0.15) is 0 Å². The summed E-state index contributed by atoms with van der Waals surface area (Å²) in [5.41, 5.74) is 1.47. The first-order valence-electron chi connectivity index (χ1n) is 6.66. The molecule has 0 spiro atoms. The molecule has 0 radical (unpaired) electrons. The smallest absolute Gasteiger partial charge is 0.254 e. The third-order valence-corrected chi connectivity index (χ3v) is 3.78. The standard InChI is InChI=1S/C15H21NO2/c1-11-5-3-6-12(2)16(11)15(18)14-8-4-7-13(9-14)10-17/h4,7-9,11-12,17H,3,5-6,10H2,1-2H3. The second-order valence-corrected chi connectivity index (χ2v) is 5.20. The van der Waals surface area contributed by atoms with Crippen molar-refractivity contribution in [2.45, 2.75) is 51.8 Å².